The first kappa shape index (κ1) is 17.1. The van der Waals surface area contributed by atoms with Gasteiger partial charge in [-0.05, 0) is 18.2 Å². The van der Waals surface area contributed by atoms with Crippen LogP contribution < -0.4 is 5.73 Å². The Balaban J connectivity index is 0.00000192. The average Bonchev–Trinajstić information content (AvgIpc) is 2.89. The van der Waals surface area contributed by atoms with Gasteiger partial charge in [-0.1, -0.05) is 6.07 Å². The molecule has 2 aromatic rings. The number of nitrogens with zero attached hydrogens (tertiary/aromatic N) is 4. The molecule has 124 valence electrons. The highest BCUT2D eigenvalue weighted by atomic mass is 35.5. The van der Waals surface area contributed by atoms with Crippen molar-refractivity contribution in [3.63, 3.8) is 0 Å². The van der Waals surface area contributed by atoms with E-state index in [1.807, 2.05) is 0 Å². The van der Waals surface area contributed by atoms with Crippen molar-refractivity contribution in [3.05, 3.63) is 41.5 Å². The molecule has 1 amide bonds. The van der Waals surface area contributed by atoms with E-state index in [0.29, 0.717) is 11.3 Å². The summed E-state index contributed by atoms with van der Waals surface area (Å²) in [6.07, 6.45) is -4.55. The van der Waals surface area contributed by atoms with E-state index in [1.54, 1.807) is 18.2 Å². The van der Waals surface area contributed by atoms with Crippen molar-refractivity contribution >= 4 is 24.0 Å². The topological polar surface area (TPSA) is 77.0 Å². The summed E-state index contributed by atoms with van der Waals surface area (Å²) in [7, 11) is 0. The number of aromatic nitrogens is 3. The van der Waals surface area contributed by atoms with Gasteiger partial charge in [0.15, 0.2) is 5.82 Å². The number of amides is 1. The van der Waals surface area contributed by atoms with E-state index >= 15 is 0 Å². The number of benzene rings is 1. The monoisotopic (exact) mass is 347 g/mol. The van der Waals surface area contributed by atoms with Gasteiger partial charge in [0, 0.05) is 24.3 Å². The maximum Gasteiger partial charge on any atom is 0.451 e. The van der Waals surface area contributed by atoms with Gasteiger partial charge < -0.3 is 15.2 Å². The zero-order valence-electron chi connectivity index (χ0n) is 11.7. The molecule has 1 aliphatic heterocycles. The molecule has 6 nitrogen and oxygen atoms in total. The van der Waals surface area contributed by atoms with Gasteiger partial charge in [0.1, 0.15) is 0 Å². The Morgan fingerprint density at radius 1 is 1.22 bits per heavy atom. The standard InChI is InChI=1S/C13H12F3N5O.ClH/c14-13(15,16)12-19-18-10-7-20(4-5-21(10)12)11(22)8-2-1-3-9(17)6-8;/h1-3,6H,4-5,7,17H2;1H. The average molecular weight is 348 g/mol. The van der Waals surface area contributed by atoms with Gasteiger partial charge in [-0.3, -0.25) is 4.79 Å². The predicted octanol–water partition coefficient (Wildman–Crippen LogP) is 1.96. The van der Waals surface area contributed by atoms with Crippen LogP contribution in [0.2, 0.25) is 0 Å². The van der Waals surface area contributed by atoms with Crippen molar-refractivity contribution in [2.75, 3.05) is 12.3 Å². The third-order valence-electron chi connectivity index (χ3n) is 3.43. The molecule has 1 aliphatic rings. The minimum atomic E-state index is -4.55. The molecule has 2 N–H and O–H groups in total. The highest BCUT2D eigenvalue weighted by Gasteiger charge is 2.39. The molecule has 0 fully saturated rings. The zero-order chi connectivity index (χ0) is 15.9. The van der Waals surface area contributed by atoms with Crippen LogP contribution >= 0.6 is 12.4 Å². The molecule has 0 atom stereocenters. The lowest BCUT2D eigenvalue weighted by atomic mass is 10.1. The number of hydrogen-bond donors (Lipinski definition) is 1. The van der Waals surface area contributed by atoms with Crippen molar-refractivity contribution < 1.29 is 18.0 Å². The van der Waals surface area contributed by atoms with Crippen LogP contribution in [-0.4, -0.2) is 32.1 Å². The summed E-state index contributed by atoms with van der Waals surface area (Å²) in [5, 5.41) is 6.72. The molecule has 0 bridgehead atoms. The lowest BCUT2D eigenvalue weighted by Gasteiger charge is -2.28. The number of hydrogen-bond acceptors (Lipinski definition) is 4. The fourth-order valence-electron chi connectivity index (χ4n) is 2.40. The highest BCUT2D eigenvalue weighted by Crippen LogP contribution is 2.29. The number of alkyl halides is 3. The number of anilines is 1. The summed E-state index contributed by atoms with van der Waals surface area (Å²) in [5.41, 5.74) is 6.47. The van der Waals surface area contributed by atoms with Crippen molar-refractivity contribution in [1.82, 2.24) is 19.7 Å². The van der Waals surface area contributed by atoms with Gasteiger partial charge in [0.25, 0.3) is 5.91 Å². The van der Waals surface area contributed by atoms with E-state index in [0.717, 1.165) is 4.57 Å². The maximum atomic E-state index is 12.8. The molecule has 0 saturated heterocycles. The largest absolute Gasteiger partial charge is 0.451 e. The molecular formula is C13H13ClF3N5O. The number of fused-ring (bicyclic) bond motifs is 1. The number of halogens is 4. The summed E-state index contributed by atoms with van der Waals surface area (Å²) in [6, 6.07) is 6.44. The van der Waals surface area contributed by atoms with Crippen LogP contribution in [0.5, 0.6) is 0 Å². The molecule has 1 aromatic carbocycles. The normalized spacial score (nSPS) is 14.1. The summed E-state index contributed by atoms with van der Waals surface area (Å²) in [6.45, 7) is 0.143. The van der Waals surface area contributed by atoms with Gasteiger partial charge in [0.05, 0.1) is 6.54 Å². The van der Waals surface area contributed by atoms with Crippen molar-refractivity contribution in [3.8, 4) is 0 Å². The Labute approximate surface area is 135 Å². The second-order valence-corrected chi connectivity index (χ2v) is 4.94. The van der Waals surface area contributed by atoms with Crippen LogP contribution in [0.3, 0.4) is 0 Å². The molecule has 3 rings (SSSR count). The second kappa shape index (κ2) is 6.07. The maximum absolute atomic E-state index is 12.8. The minimum Gasteiger partial charge on any atom is -0.399 e. The number of nitrogen functional groups attached to an aromatic ring is 1. The summed E-state index contributed by atoms with van der Waals surface area (Å²) in [4.78, 5) is 13.8. The summed E-state index contributed by atoms with van der Waals surface area (Å²) >= 11 is 0. The summed E-state index contributed by atoms with van der Waals surface area (Å²) in [5.74, 6) is -1.20. The van der Waals surface area contributed by atoms with E-state index in [1.165, 1.54) is 11.0 Å². The molecule has 0 unspecified atom stereocenters. The van der Waals surface area contributed by atoms with Crippen LogP contribution in [0.4, 0.5) is 18.9 Å². The Bertz CT molecular complexity index is 731. The van der Waals surface area contributed by atoms with Crippen LogP contribution in [0.15, 0.2) is 24.3 Å². The van der Waals surface area contributed by atoms with Gasteiger partial charge in [0.2, 0.25) is 5.82 Å². The van der Waals surface area contributed by atoms with Gasteiger partial charge in [-0.15, -0.1) is 22.6 Å². The predicted molar refractivity (Wildman–Crippen MR) is 77.9 cm³/mol. The van der Waals surface area contributed by atoms with Crippen LogP contribution in [-0.2, 0) is 19.3 Å². The van der Waals surface area contributed by atoms with E-state index in [4.69, 9.17) is 5.73 Å². The van der Waals surface area contributed by atoms with Crippen molar-refractivity contribution in [1.29, 1.82) is 0 Å². The number of rotatable bonds is 1. The number of carbonyl (C=O) groups is 1. The fourth-order valence-corrected chi connectivity index (χ4v) is 2.40. The highest BCUT2D eigenvalue weighted by molar-refractivity contribution is 5.95. The molecule has 0 saturated carbocycles. The number of carbonyl (C=O) groups excluding carboxylic acids is 1. The summed E-state index contributed by atoms with van der Waals surface area (Å²) < 4.78 is 39.3. The van der Waals surface area contributed by atoms with E-state index < -0.39 is 12.0 Å². The first-order chi connectivity index (χ1) is 10.4. The molecule has 0 radical (unpaired) electrons. The van der Waals surface area contributed by atoms with Crippen LogP contribution in [0, 0.1) is 0 Å². The smallest absolute Gasteiger partial charge is 0.399 e. The minimum absolute atomic E-state index is 0. The molecule has 2 heterocycles. The first-order valence-electron chi connectivity index (χ1n) is 6.50. The first-order valence-corrected chi connectivity index (χ1v) is 6.50. The molecule has 10 heteroatoms. The molecule has 23 heavy (non-hydrogen) atoms. The SMILES string of the molecule is Cl.Nc1cccc(C(=O)N2CCn3c(nnc3C(F)(F)F)C2)c1. The molecular weight excluding hydrogens is 335 g/mol. The Hall–Kier alpha value is -2.29. The quantitative estimate of drug-likeness (QED) is 0.800. The Kier molecular flexibility index (Phi) is 4.51. The number of nitrogens with two attached hydrogens (primary N) is 1. The third-order valence-corrected chi connectivity index (χ3v) is 3.43. The van der Waals surface area contributed by atoms with E-state index in [2.05, 4.69) is 10.2 Å². The fraction of sp³-hybridized carbons (Fsp3) is 0.308. The van der Waals surface area contributed by atoms with Gasteiger partial charge in [-0.25, -0.2) is 0 Å². The lowest BCUT2D eigenvalue weighted by molar-refractivity contribution is -0.147. The Morgan fingerprint density at radius 3 is 2.61 bits per heavy atom. The van der Waals surface area contributed by atoms with Gasteiger partial charge in [-0.2, -0.15) is 13.2 Å². The molecule has 0 spiro atoms. The van der Waals surface area contributed by atoms with E-state index in [9.17, 15) is 18.0 Å². The van der Waals surface area contributed by atoms with Crippen LogP contribution in [0.1, 0.15) is 22.0 Å². The van der Waals surface area contributed by atoms with Crippen molar-refractivity contribution in [2.24, 2.45) is 0 Å². The Morgan fingerprint density at radius 2 is 1.96 bits per heavy atom. The lowest BCUT2D eigenvalue weighted by Crippen LogP contribution is -2.39. The van der Waals surface area contributed by atoms with E-state index in [-0.39, 0.29) is 43.8 Å². The molecule has 0 aliphatic carbocycles. The van der Waals surface area contributed by atoms with Crippen LogP contribution in [0.25, 0.3) is 0 Å². The van der Waals surface area contributed by atoms with Gasteiger partial charge >= 0.3 is 6.18 Å². The third kappa shape index (κ3) is 3.24. The zero-order valence-corrected chi connectivity index (χ0v) is 12.6. The molecule has 1 aromatic heterocycles. The van der Waals surface area contributed by atoms with Crippen molar-refractivity contribution in [2.45, 2.75) is 19.3 Å². The second-order valence-electron chi connectivity index (χ2n) is 4.94.